The van der Waals surface area contributed by atoms with Crippen LogP contribution in [0.2, 0.25) is 0 Å². The molecule has 0 aromatic heterocycles. The summed E-state index contributed by atoms with van der Waals surface area (Å²) < 4.78 is 5.38. The number of piperidine rings is 1. The third-order valence-corrected chi connectivity index (χ3v) is 5.82. The van der Waals surface area contributed by atoms with Crippen molar-refractivity contribution in [3.63, 3.8) is 0 Å². The number of benzene rings is 1. The van der Waals surface area contributed by atoms with Crippen LogP contribution in [0.4, 0.5) is 4.79 Å². The lowest BCUT2D eigenvalue weighted by molar-refractivity contribution is -0.144. The minimum atomic E-state index is -0.924. The Balaban J connectivity index is 2.15. The van der Waals surface area contributed by atoms with E-state index in [0.29, 0.717) is 38.6 Å². The van der Waals surface area contributed by atoms with Gasteiger partial charge in [0.05, 0.1) is 6.04 Å². The summed E-state index contributed by atoms with van der Waals surface area (Å²) in [5.41, 5.74) is 10.8. The van der Waals surface area contributed by atoms with E-state index in [1.54, 1.807) is 20.8 Å². The highest BCUT2D eigenvalue weighted by atomic mass is 16.6. The summed E-state index contributed by atoms with van der Waals surface area (Å²) in [5, 5.41) is 5.45. The van der Waals surface area contributed by atoms with E-state index in [4.69, 9.17) is 16.2 Å². The number of alkyl carbamates (subject to hydrolysis) is 1. The summed E-state index contributed by atoms with van der Waals surface area (Å²) in [4.78, 5) is 56.4. The summed E-state index contributed by atoms with van der Waals surface area (Å²) in [6, 6.07) is 6.92. The molecule has 0 saturated carbocycles. The van der Waals surface area contributed by atoms with Crippen molar-refractivity contribution >= 4 is 30.2 Å². The average Bonchev–Trinajstić information content (AvgIpc) is 2.84. The second-order valence-corrected chi connectivity index (χ2v) is 10.1. The van der Waals surface area contributed by atoms with Gasteiger partial charge in [-0.25, -0.2) is 4.79 Å². The molecule has 3 amide bonds. The van der Waals surface area contributed by atoms with E-state index in [-0.39, 0.29) is 18.3 Å². The average molecular weight is 517 g/mol. The minimum absolute atomic E-state index is 0.0342. The zero-order valence-corrected chi connectivity index (χ0v) is 21.9. The van der Waals surface area contributed by atoms with Crippen LogP contribution in [0.1, 0.15) is 58.4 Å². The first-order valence-electron chi connectivity index (χ1n) is 12.6. The predicted molar refractivity (Wildman–Crippen MR) is 141 cm³/mol. The Morgan fingerprint density at radius 1 is 1.16 bits per heavy atom. The SMILES string of the molecule is CC(C)(C)OC(=O)N[C@H](Cc1ccccc1)C(=O)N1CCCC[C@H]1C(=O)N[C@H](C=O)CCCN=C(N)N. The molecule has 37 heavy (non-hydrogen) atoms. The number of likely N-dealkylation sites (tertiary alicyclic amines) is 1. The fourth-order valence-electron chi connectivity index (χ4n) is 4.14. The normalized spacial score (nSPS) is 17.2. The number of carbonyl (C=O) groups excluding carboxylic acids is 4. The fourth-order valence-corrected chi connectivity index (χ4v) is 4.14. The Kier molecular flexibility index (Phi) is 11.4. The number of hydrogen-bond donors (Lipinski definition) is 4. The van der Waals surface area contributed by atoms with Gasteiger partial charge in [-0.1, -0.05) is 30.3 Å². The van der Waals surface area contributed by atoms with Crippen LogP contribution in [0.25, 0.3) is 0 Å². The second-order valence-electron chi connectivity index (χ2n) is 10.1. The number of nitrogens with two attached hydrogens (primary N) is 2. The highest BCUT2D eigenvalue weighted by Gasteiger charge is 2.37. The van der Waals surface area contributed by atoms with Gasteiger partial charge < -0.3 is 36.5 Å². The van der Waals surface area contributed by atoms with Gasteiger partial charge in [0.2, 0.25) is 11.8 Å². The topological polar surface area (TPSA) is 169 Å². The van der Waals surface area contributed by atoms with E-state index in [2.05, 4.69) is 15.6 Å². The standard InChI is InChI=1S/C26H40N6O5/c1-26(2,3)37-25(36)31-20(16-18-10-5-4-6-11-18)23(35)32-15-8-7-13-21(32)22(34)30-19(17-33)12-9-14-29-24(27)28/h4-6,10-11,17,19-21H,7-9,12-16H2,1-3H3,(H,30,34)(H,31,36)(H4,27,28,29)/t19-,20+,21-/m0/s1. The summed E-state index contributed by atoms with van der Waals surface area (Å²) >= 11 is 0. The van der Waals surface area contributed by atoms with Crippen molar-refractivity contribution in [3.05, 3.63) is 35.9 Å². The third kappa shape index (κ3) is 10.5. The number of aliphatic imine (C=N–C) groups is 1. The van der Waals surface area contributed by atoms with Crippen LogP contribution >= 0.6 is 0 Å². The van der Waals surface area contributed by atoms with Crippen LogP contribution in [-0.2, 0) is 25.5 Å². The van der Waals surface area contributed by atoms with Crippen LogP contribution in [-0.4, -0.2) is 71.9 Å². The number of ether oxygens (including phenoxy) is 1. The molecular weight excluding hydrogens is 476 g/mol. The first kappa shape index (κ1) is 29.6. The lowest BCUT2D eigenvalue weighted by Crippen LogP contribution is -2.59. The fraction of sp³-hybridized carbons (Fsp3) is 0.577. The summed E-state index contributed by atoms with van der Waals surface area (Å²) in [6.07, 6.45) is 3.04. The number of carbonyl (C=O) groups is 4. The molecule has 1 aliphatic heterocycles. The number of amides is 3. The number of hydrogen-bond acceptors (Lipinski definition) is 6. The Morgan fingerprint density at radius 2 is 1.86 bits per heavy atom. The van der Waals surface area contributed by atoms with E-state index in [0.717, 1.165) is 18.4 Å². The number of aldehydes is 1. The van der Waals surface area contributed by atoms with E-state index >= 15 is 0 Å². The first-order chi connectivity index (χ1) is 17.5. The molecular formula is C26H40N6O5. The maximum Gasteiger partial charge on any atom is 0.408 e. The largest absolute Gasteiger partial charge is 0.444 e. The van der Waals surface area contributed by atoms with Gasteiger partial charge in [-0.2, -0.15) is 0 Å². The van der Waals surface area contributed by atoms with Gasteiger partial charge in [0.1, 0.15) is 24.0 Å². The van der Waals surface area contributed by atoms with E-state index in [1.807, 2.05) is 30.3 Å². The van der Waals surface area contributed by atoms with Gasteiger partial charge in [0, 0.05) is 19.5 Å². The number of nitrogens with one attached hydrogen (secondary N) is 2. The van der Waals surface area contributed by atoms with Crippen molar-refractivity contribution in [1.82, 2.24) is 15.5 Å². The number of nitrogens with zero attached hydrogens (tertiary/aromatic N) is 2. The van der Waals surface area contributed by atoms with Gasteiger partial charge in [0.25, 0.3) is 0 Å². The van der Waals surface area contributed by atoms with Crippen LogP contribution in [0, 0.1) is 0 Å². The van der Waals surface area contributed by atoms with Crippen molar-refractivity contribution in [1.29, 1.82) is 0 Å². The molecule has 0 unspecified atom stereocenters. The molecule has 1 aliphatic rings. The maximum absolute atomic E-state index is 13.7. The molecule has 0 bridgehead atoms. The molecule has 11 heteroatoms. The lowest BCUT2D eigenvalue weighted by atomic mass is 9.97. The van der Waals surface area contributed by atoms with Crippen LogP contribution in [0.15, 0.2) is 35.3 Å². The molecule has 1 saturated heterocycles. The zero-order valence-electron chi connectivity index (χ0n) is 21.9. The first-order valence-corrected chi connectivity index (χ1v) is 12.6. The Morgan fingerprint density at radius 3 is 2.49 bits per heavy atom. The molecule has 1 fully saturated rings. The predicted octanol–water partition coefficient (Wildman–Crippen LogP) is 1.24. The monoisotopic (exact) mass is 516 g/mol. The van der Waals surface area contributed by atoms with E-state index in [9.17, 15) is 19.2 Å². The number of guanidine groups is 1. The summed E-state index contributed by atoms with van der Waals surface area (Å²) in [7, 11) is 0. The molecule has 0 aliphatic carbocycles. The molecule has 2 rings (SSSR count). The molecule has 11 nitrogen and oxygen atoms in total. The number of rotatable bonds is 11. The smallest absolute Gasteiger partial charge is 0.408 e. The van der Waals surface area contributed by atoms with Crippen molar-refractivity contribution in [2.24, 2.45) is 16.5 Å². The maximum atomic E-state index is 13.7. The van der Waals surface area contributed by atoms with Crippen LogP contribution < -0.4 is 22.1 Å². The Hall–Kier alpha value is -3.63. The molecule has 3 atom stereocenters. The quantitative estimate of drug-likeness (QED) is 0.148. The van der Waals surface area contributed by atoms with Crippen molar-refractivity contribution < 1.29 is 23.9 Å². The van der Waals surface area contributed by atoms with E-state index in [1.165, 1.54) is 4.90 Å². The van der Waals surface area contributed by atoms with Gasteiger partial charge >= 0.3 is 6.09 Å². The third-order valence-electron chi connectivity index (χ3n) is 5.82. The van der Waals surface area contributed by atoms with Crippen molar-refractivity contribution in [2.45, 2.75) is 83.0 Å². The Labute approximate surface area is 218 Å². The van der Waals surface area contributed by atoms with Crippen LogP contribution in [0.3, 0.4) is 0 Å². The summed E-state index contributed by atoms with van der Waals surface area (Å²) in [5.74, 6) is -0.805. The van der Waals surface area contributed by atoms with Gasteiger partial charge in [-0.15, -0.1) is 0 Å². The zero-order chi connectivity index (χ0) is 27.4. The molecule has 204 valence electrons. The highest BCUT2D eigenvalue weighted by molar-refractivity contribution is 5.92. The van der Waals surface area contributed by atoms with Crippen molar-refractivity contribution in [3.8, 4) is 0 Å². The van der Waals surface area contributed by atoms with Crippen molar-refractivity contribution in [2.75, 3.05) is 13.1 Å². The van der Waals surface area contributed by atoms with Gasteiger partial charge in [0.15, 0.2) is 5.96 Å². The minimum Gasteiger partial charge on any atom is -0.444 e. The van der Waals surface area contributed by atoms with Gasteiger partial charge in [-0.3, -0.25) is 14.6 Å². The molecule has 0 radical (unpaired) electrons. The second kappa shape index (κ2) is 14.2. The van der Waals surface area contributed by atoms with E-state index < -0.39 is 35.7 Å². The molecule has 1 aromatic carbocycles. The molecule has 0 spiro atoms. The lowest BCUT2D eigenvalue weighted by Gasteiger charge is -2.37. The molecule has 6 N–H and O–H groups in total. The highest BCUT2D eigenvalue weighted by Crippen LogP contribution is 2.20. The van der Waals surface area contributed by atoms with Crippen LogP contribution in [0.5, 0.6) is 0 Å². The molecule has 1 aromatic rings. The van der Waals surface area contributed by atoms with Gasteiger partial charge in [-0.05, 0) is 58.4 Å². The summed E-state index contributed by atoms with van der Waals surface area (Å²) in [6.45, 7) is 5.94. The Bertz CT molecular complexity index is 943. The molecule has 1 heterocycles.